The summed E-state index contributed by atoms with van der Waals surface area (Å²) in [6.45, 7) is 2.75. The van der Waals surface area contributed by atoms with Crippen LogP contribution >= 0.6 is 0 Å². The fourth-order valence-electron chi connectivity index (χ4n) is 4.78. The molecule has 0 aromatic heterocycles. The van der Waals surface area contributed by atoms with E-state index in [2.05, 4.69) is 0 Å². The van der Waals surface area contributed by atoms with Crippen molar-refractivity contribution in [2.24, 2.45) is 5.92 Å². The molecule has 0 radical (unpaired) electrons. The number of rotatable bonds is 7. The Kier molecular flexibility index (Phi) is 8.48. The maximum Gasteiger partial charge on any atom is 0.416 e. The number of hydrogen-bond acceptors (Lipinski definition) is 8. The molecule has 1 saturated heterocycles. The molecule has 1 amide bonds. The van der Waals surface area contributed by atoms with E-state index >= 15 is 0 Å². The maximum atomic E-state index is 13.6. The first-order valence-corrected chi connectivity index (χ1v) is 17.2. The molecule has 0 unspecified atom stereocenters. The van der Waals surface area contributed by atoms with Gasteiger partial charge in [0.05, 0.1) is 37.7 Å². The van der Waals surface area contributed by atoms with Crippen molar-refractivity contribution in [2.45, 2.75) is 52.3 Å². The quantitative estimate of drug-likeness (QED) is 0.456. The van der Waals surface area contributed by atoms with Gasteiger partial charge in [0.2, 0.25) is 0 Å². The van der Waals surface area contributed by atoms with E-state index in [0.717, 1.165) is 42.8 Å². The number of alkyl halides is 3. The monoisotopic (exact) mass is 625 g/mol. The number of likely N-dealkylation sites (tertiary alicyclic amines) is 1. The van der Waals surface area contributed by atoms with E-state index in [-0.39, 0.29) is 31.7 Å². The normalized spacial score (nSPS) is 16.1. The lowest BCUT2D eigenvalue weighted by atomic mass is 9.85. The van der Waals surface area contributed by atoms with Gasteiger partial charge in [-0.1, -0.05) is 6.07 Å². The molecule has 2 aromatic carbocycles. The van der Waals surface area contributed by atoms with Crippen LogP contribution in [0.3, 0.4) is 0 Å². The minimum Gasteiger partial charge on any atom is -0.497 e. The molecule has 2 aromatic rings. The summed E-state index contributed by atoms with van der Waals surface area (Å²) in [5.41, 5.74) is -1.62. The van der Waals surface area contributed by atoms with Crippen molar-refractivity contribution in [3.05, 3.63) is 47.5 Å². The Morgan fingerprint density at radius 2 is 1.40 bits per heavy atom. The Hall–Kier alpha value is -2.65. The van der Waals surface area contributed by atoms with Crippen molar-refractivity contribution in [1.29, 1.82) is 0 Å². The number of carbonyl (C=O) groups excluding carboxylic acids is 1. The molecule has 0 aliphatic carbocycles. The minimum absolute atomic E-state index is 0.0382. The second-order valence-corrected chi connectivity index (χ2v) is 16.7. The Bertz CT molecular complexity index is 1590. The van der Waals surface area contributed by atoms with Crippen LogP contribution in [0.2, 0.25) is 0 Å². The highest BCUT2D eigenvalue weighted by Crippen LogP contribution is 2.40. The molecule has 0 spiro atoms. The van der Waals surface area contributed by atoms with Crippen LogP contribution in [0.25, 0.3) is 0 Å². The number of hydrogen-bond donors (Lipinski definition) is 0. The Morgan fingerprint density at radius 1 is 0.900 bits per heavy atom. The highest BCUT2D eigenvalue weighted by Gasteiger charge is 2.45. The van der Waals surface area contributed by atoms with Crippen LogP contribution in [-0.2, 0) is 35.7 Å². The second kappa shape index (κ2) is 10.6. The second-order valence-electron chi connectivity index (χ2n) is 10.2. The molecule has 1 aliphatic heterocycles. The zero-order valence-electron chi connectivity index (χ0n) is 22.4. The van der Waals surface area contributed by atoms with Gasteiger partial charge in [-0.05, 0) is 62.9 Å². The van der Waals surface area contributed by atoms with Gasteiger partial charge in [0, 0.05) is 25.6 Å². The smallest absolute Gasteiger partial charge is 0.416 e. The molecule has 1 fully saturated rings. The Balaban J connectivity index is 1.94. The van der Waals surface area contributed by atoms with E-state index in [1.807, 2.05) is 0 Å². The van der Waals surface area contributed by atoms with Gasteiger partial charge in [0.15, 0.2) is 29.5 Å². The number of halogens is 3. The lowest BCUT2D eigenvalue weighted by Crippen LogP contribution is -2.48. The van der Waals surface area contributed by atoms with Crippen molar-refractivity contribution >= 4 is 35.4 Å². The van der Waals surface area contributed by atoms with E-state index in [4.69, 9.17) is 4.74 Å². The highest BCUT2D eigenvalue weighted by atomic mass is 32.2. The molecule has 0 bridgehead atoms. The minimum atomic E-state index is -4.72. The van der Waals surface area contributed by atoms with Crippen molar-refractivity contribution in [3.8, 4) is 5.75 Å². The molecular weight excluding hydrogens is 595 g/mol. The standard InChI is InChI=1S/C25H30F3NO8S3/c1-24(2,40(35,36)19-8-6-7-17(13-19)25(26,27)28)16-9-11-29(12-10-16)23(30)22-20(38(4,31)32)14-18(37-3)15-21(22)39(5,33)34/h6-8,13-16H,9-12H2,1-5H3. The van der Waals surface area contributed by atoms with Crippen LogP contribution < -0.4 is 4.74 Å². The van der Waals surface area contributed by atoms with E-state index < -0.39 is 78.1 Å². The van der Waals surface area contributed by atoms with Gasteiger partial charge in [0.25, 0.3) is 5.91 Å². The third-order valence-corrected chi connectivity index (χ3v) is 12.1. The summed E-state index contributed by atoms with van der Waals surface area (Å²) >= 11 is 0. The van der Waals surface area contributed by atoms with Crippen LogP contribution in [-0.4, -0.2) is 73.5 Å². The van der Waals surface area contributed by atoms with Gasteiger partial charge in [-0.2, -0.15) is 13.2 Å². The molecule has 9 nitrogen and oxygen atoms in total. The molecule has 15 heteroatoms. The number of carbonyl (C=O) groups is 1. The summed E-state index contributed by atoms with van der Waals surface area (Å²) in [7, 11) is -11.2. The summed E-state index contributed by atoms with van der Waals surface area (Å²) < 4.78 is 120. The van der Waals surface area contributed by atoms with Gasteiger partial charge >= 0.3 is 6.18 Å². The summed E-state index contributed by atoms with van der Waals surface area (Å²) in [5.74, 6) is -1.51. The van der Waals surface area contributed by atoms with Crippen molar-refractivity contribution in [1.82, 2.24) is 4.90 Å². The number of benzene rings is 2. The van der Waals surface area contributed by atoms with Gasteiger partial charge in [-0.25, -0.2) is 25.3 Å². The molecule has 3 rings (SSSR count). The lowest BCUT2D eigenvalue weighted by Gasteiger charge is -2.40. The fraction of sp³-hybridized carbons (Fsp3) is 0.480. The van der Waals surface area contributed by atoms with Crippen LogP contribution in [0.5, 0.6) is 5.75 Å². The average molecular weight is 626 g/mol. The summed E-state index contributed by atoms with van der Waals surface area (Å²) in [5, 5.41) is 0. The fourth-order valence-corrected chi connectivity index (χ4v) is 8.46. The van der Waals surface area contributed by atoms with Gasteiger partial charge in [0.1, 0.15) is 5.75 Å². The van der Waals surface area contributed by atoms with E-state index in [1.54, 1.807) is 0 Å². The average Bonchev–Trinajstić information content (AvgIpc) is 2.86. The number of ether oxygens (including phenoxy) is 1. The van der Waals surface area contributed by atoms with Crippen molar-refractivity contribution < 1.29 is 48.0 Å². The molecule has 0 atom stereocenters. The first-order chi connectivity index (χ1) is 18.1. The molecule has 40 heavy (non-hydrogen) atoms. The first-order valence-electron chi connectivity index (χ1n) is 12.0. The predicted molar refractivity (Wildman–Crippen MR) is 141 cm³/mol. The zero-order valence-corrected chi connectivity index (χ0v) is 24.9. The number of amides is 1. The van der Waals surface area contributed by atoms with Gasteiger partial charge < -0.3 is 9.64 Å². The van der Waals surface area contributed by atoms with Gasteiger partial charge in [-0.15, -0.1) is 0 Å². The lowest BCUT2D eigenvalue weighted by molar-refractivity contribution is -0.137. The predicted octanol–water partition coefficient (Wildman–Crippen LogP) is 3.63. The van der Waals surface area contributed by atoms with Crippen LogP contribution in [0.1, 0.15) is 42.6 Å². The molecule has 0 saturated carbocycles. The van der Waals surface area contributed by atoms with E-state index in [1.165, 1.54) is 25.9 Å². The number of methoxy groups -OCH3 is 1. The van der Waals surface area contributed by atoms with Crippen LogP contribution in [0.4, 0.5) is 13.2 Å². The first kappa shape index (κ1) is 31.9. The Labute approximate surface area is 232 Å². The Morgan fingerprint density at radius 3 is 1.82 bits per heavy atom. The summed E-state index contributed by atoms with van der Waals surface area (Å²) in [6, 6.07) is 5.64. The van der Waals surface area contributed by atoms with Crippen molar-refractivity contribution in [3.63, 3.8) is 0 Å². The number of sulfone groups is 3. The highest BCUT2D eigenvalue weighted by molar-refractivity contribution is 7.93. The van der Waals surface area contributed by atoms with Crippen LogP contribution in [0.15, 0.2) is 51.1 Å². The molecule has 1 aliphatic rings. The molecular formula is C25H30F3NO8S3. The van der Waals surface area contributed by atoms with Gasteiger partial charge in [-0.3, -0.25) is 4.79 Å². The third-order valence-electron chi connectivity index (χ3n) is 7.22. The zero-order chi connectivity index (χ0) is 30.5. The van der Waals surface area contributed by atoms with Crippen molar-refractivity contribution in [2.75, 3.05) is 32.7 Å². The topological polar surface area (TPSA) is 132 Å². The molecule has 222 valence electrons. The number of nitrogens with zero attached hydrogens (tertiary/aromatic N) is 1. The summed E-state index contributed by atoms with van der Waals surface area (Å²) in [4.78, 5) is 13.3. The van der Waals surface area contributed by atoms with E-state index in [0.29, 0.717) is 6.07 Å². The number of piperidine rings is 1. The molecule has 0 N–H and O–H groups in total. The summed E-state index contributed by atoms with van der Waals surface area (Å²) in [6.07, 6.45) is -2.82. The molecule has 1 heterocycles. The van der Waals surface area contributed by atoms with E-state index in [9.17, 15) is 43.2 Å². The largest absolute Gasteiger partial charge is 0.497 e. The van der Waals surface area contributed by atoms with Crippen LogP contribution in [0, 0.1) is 5.92 Å². The third kappa shape index (κ3) is 6.15. The SMILES string of the molecule is COc1cc(S(C)(=O)=O)c(C(=O)N2CCC(C(C)(C)S(=O)(=O)c3cccc(C(F)(F)F)c3)CC2)c(S(C)(=O)=O)c1. The maximum absolute atomic E-state index is 13.6.